The van der Waals surface area contributed by atoms with E-state index in [1.165, 1.54) is 6.42 Å². The second kappa shape index (κ2) is 15.7. The van der Waals surface area contributed by atoms with Gasteiger partial charge in [-0.2, -0.15) is 10.2 Å². The van der Waals surface area contributed by atoms with Crippen LogP contribution in [0.5, 0.6) is 0 Å². The maximum Gasteiger partial charge on any atom is 0.256 e. The lowest BCUT2D eigenvalue weighted by molar-refractivity contribution is -0.117. The fourth-order valence-corrected chi connectivity index (χ4v) is 9.24. The van der Waals surface area contributed by atoms with E-state index in [4.69, 9.17) is 23.2 Å². The molecule has 0 bridgehead atoms. The van der Waals surface area contributed by atoms with Gasteiger partial charge in [0.05, 0.1) is 50.4 Å². The van der Waals surface area contributed by atoms with Gasteiger partial charge < -0.3 is 20.8 Å². The summed E-state index contributed by atoms with van der Waals surface area (Å²) in [5.74, 6) is 0.150. The van der Waals surface area contributed by atoms with Crippen molar-refractivity contribution < 1.29 is 19.8 Å². The number of carbonyl (C=O) groups is 2. The molecule has 4 aromatic rings. The van der Waals surface area contributed by atoms with Crippen molar-refractivity contribution in [1.29, 1.82) is 0 Å². The molecule has 2 aromatic heterocycles. The summed E-state index contributed by atoms with van der Waals surface area (Å²) in [6.07, 6.45) is 16.2. The molecule has 13 heteroatoms. The van der Waals surface area contributed by atoms with E-state index in [0.29, 0.717) is 21.2 Å². The van der Waals surface area contributed by atoms with Gasteiger partial charge in [-0.05, 0) is 111 Å². The number of carbonyl (C=O) groups excluding carboxylic acids is 2. The van der Waals surface area contributed by atoms with Crippen molar-refractivity contribution in [2.24, 2.45) is 0 Å². The van der Waals surface area contributed by atoms with Crippen LogP contribution < -0.4 is 10.6 Å². The monoisotopic (exact) mass is 822 g/mol. The highest BCUT2D eigenvalue weighted by Gasteiger charge is 2.48. The van der Waals surface area contributed by atoms with Gasteiger partial charge in [0.15, 0.2) is 0 Å². The fraction of sp³-hybridized carbons (Fsp3) is 0.400. The van der Waals surface area contributed by atoms with Crippen molar-refractivity contribution in [2.75, 3.05) is 0 Å². The first-order valence-corrected chi connectivity index (χ1v) is 19.6. The van der Waals surface area contributed by atoms with Gasteiger partial charge in [0, 0.05) is 16.9 Å². The van der Waals surface area contributed by atoms with Crippen LogP contribution in [0.4, 0.5) is 0 Å². The van der Waals surface area contributed by atoms with E-state index in [0.717, 1.165) is 101 Å². The molecule has 53 heavy (non-hydrogen) atoms. The third-order valence-electron chi connectivity index (χ3n) is 10.7. The quantitative estimate of drug-likeness (QED) is 0.139. The predicted molar refractivity (Wildman–Crippen MR) is 212 cm³/mol. The van der Waals surface area contributed by atoms with Gasteiger partial charge in [0.2, 0.25) is 0 Å². The van der Waals surface area contributed by atoms with Gasteiger partial charge in [-0.1, -0.05) is 77.7 Å². The number of hydrogen-bond acceptors (Lipinski definition) is 6. The lowest BCUT2D eigenvalue weighted by Gasteiger charge is -2.33. The van der Waals surface area contributed by atoms with Crippen LogP contribution in [0, 0.1) is 27.7 Å². The summed E-state index contributed by atoms with van der Waals surface area (Å²) in [5, 5.41) is 39.5. The number of rotatable bonds is 3. The van der Waals surface area contributed by atoms with Crippen LogP contribution in [-0.2, 0) is 9.59 Å². The van der Waals surface area contributed by atoms with Gasteiger partial charge in [-0.25, -0.2) is 4.68 Å². The normalized spacial score (nSPS) is 18.8. The van der Waals surface area contributed by atoms with Crippen LogP contribution in [0.15, 0.2) is 65.0 Å². The highest BCUT2D eigenvalue weighted by molar-refractivity contribution is 9.10. The Morgan fingerprint density at radius 1 is 0.698 bits per heavy atom. The minimum absolute atomic E-state index is 0.136. The molecule has 2 saturated carbocycles. The van der Waals surface area contributed by atoms with Crippen LogP contribution in [0.3, 0.4) is 0 Å². The van der Waals surface area contributed by atoms with Crippen molar-refractivity contribution in [3.05, 3.63) is 108 Å². The lowest BCUT2D eigenvalue weighted by Crippen LogP contribution is -2.46. The van der Waals surface area contributed by atoms with Crippen LogP contribution in [0.2, 0.25) is 10.0 Å². The zero-order valence-electron chi connectivity index (χ0n) is 30.4. The highest BCUT2D eigenvalue weighted by Crippen LogP contribution is 2.44. The molecule has 0 saturated heterocycles. The molecular weight excluding hydrogens is 779 g/mol. The predicted octanol–water partition coefficient (Wildman–Crippen LogP) is 9.48. The molecule has 0 atom stereocenters. The first-order valence-electron chi connectivity index (χ1n) is 18.0. The van der Waals surface area contributed by atoms with Gasteiger partial charge >= 0.3 is 0 Å². The number of aryl methyl sites for hydroxylation is 4. The summed E-state index contributed by atoms with van der Waals surface area (Å²) in [6, 6.07) is 7.90. The number of nitrogens with one attached hydrogen (secondary N) is 3. The second-order valence-electron chi connectivity index (χ2n) is 14.5. The smallest absolute Gasteiger partial charge is 0.256 e. The molecule has 4 aliphatic rings. The molecule has 2 amide bonds. The SMILES string of the molecule is Cc1cc(-n2cc(Cl)cn2)cc(C)c1C1=C(O)C2(CCCCC2)NC1=O.Cc1cc(Br)cc(C)c1C1=C(O)C2(CCCCC2)NC1=O.Clc1cn[nH]c1. The summed E-state index contributed by atoms with van der Waals surface area (Å²) in [7, 11) is 0. The average molecular weight is 825 g/mol. The molecule has 10 nitrogen and oxygen atoms in total. The Morgan fingerprint density at radius 2 is 1.15 bits per heavy atom. The zero-order chi connectivity index (χ0) is 38.1. The molecule has 4 heterocycles. The number of halogens is 3. The molecule has 2 aliphatic heterocycles. The van der Waals surface area contributed by atoms with E-state index in [2.05, 4.69) is 41.9 Å². The van der Waals surface area contributed by atoms with E-state index in [-0.39, 0.29) is 23.3 Å². The molecule has 2 fully saturated rings. The summed E-state index contributed by atoms with van der Waals surface area (Å²) in [6.45, 7) is 7.87. The summed E-state index contributed by atoms with van der Waals surface area (Å²) < 4.78 is 2.70. The summed E-state index contributed by atoms with van der Waals surface area (Å²) >= 11 is 14.8. The van der Waals surface area contributed by atoms with Crippen LogP contribution in [-0.4, -0.2) is 53.1 Å². The standard InChI is InChI=1S/C20H22ClN3O2.C17H20BrNO2.C3H3ClN2/c1-12-8-15(24-11-14(21)10-22-24)9-13(2)16(12)17-18(25)20(23-19(17)26)6-4-3-5-7-20;1-10-8-12(18)9-11(2)13(10)14-15(20)17(19-16(14)21)6-4-3-5-7-17;4-3-1-5-6-2-3/h8-11,25H,3-7H2,1-2H3,(H,23,26);8-9,20H,3-7H2,1-2H3,(H,19,21);1-2H,(H,5,6). The summed E-state index contributed by atoms with van der Waals surface area (Å²) in [5.41, 5.74) is 6.23. The maximum absolute atomic E-state index is 12.8. The molecule has 5 N–H and O–H groups in total. The van der Waals surface area contributed by atoms with E-state index < -0.39 is 11.1 Å². The molecular formula is C40H45BrCl2N6O4. The minimum atomic E-state index is -0.572. The third kappa shape index (κ3) is 7.79. The van der Waals surface area contributed by atoms with E-state index in [9.17, 15) is 19.8 Å². The molecule has 2 aliphatic carbocycles. The number of aromatic nitrogens is 4. The number of aromatic amines is 1. The van der Waals surface area contributed by atoms with Crippen molar-refractivity contribution >= 4 is 62.1 Å². The Balaban J connectivity index is 0.000000159. The largest absolute Gasteiger partial charge is 0.509 e. The number of hydrogen-bond donors (Lipinski definition) is 5. The number of benzene rings is 2. The molecule has 0 radical (unpaired) electrons. The van der Waals surface area contributed by atoms with Gasteiger partial charge in [0.25, 0.3) is 11.8 Å². The van der Waals surface area contributed by atoms with Crippen LogP contribution in [0.25, 0.3) is 16.8 Å². The Kier molecular flexibility index (Phi) is 11.5. The van der Waals surface area contributed by atoms with E-state index >= 15 is 0 Å². The number of H-pyrrole nitrogens is 1. The number of amides is 2. The molecule has 2 aromatic carbocycles. The first kappa shape index (κ1) is 38.7. The highest BCUT2D eigenvalue weighted by atomic mass is 79.9. The molecule has 0 unspecified atom stereocenters. The zero-order valence-corrected chi connectivity index (χ0v) is 33.5. The number of aliphatic hydroxyl groups is 2. The first-order chi connectivity index (χ1) is 25.2. The molecule has 8 rings (SSSR count). The van der Waals surface area contributed by atoms with E-state index in [1.54, 1.807) is 29.5 Å². The fourth-order valence-electron chi connectivity index (χ4n) is 8.32. The minimum Gasteiger partial charge on any atom is -0.509 e. The topological polar surface area (TPSA) is 145 Å². The van der Waals surface area contributed by atoms with Gasteiger partial charge in [-0.3, -0.25) is 14.7 Å². The second-order valence-corrected chi connectivity index (χ2v) is 16.3. The van der Waals surface area contributed by atoms with Crippen LogP contribution >= 0.6 is 39.1 Å². The van der Waals surface area contributed by atoms with E-state index in [1.807, 2.05) is 52.0 Å². The molecule has 280 valence electrons. The lowest BCUT2D eigenvalue weighted by atomic mass is 9.80. The summed E-state index contributed by atoms with van der Waals surface area (Å²) in [4.78, 5) is 25.3. The third-order valence-corrected chi connectivity index (χ3v) is 11.6. The maximum atomic E-state index is 12.8. The Bertz CT molecular complexity index is 2050. The van der Waals surface area contributed by atoms with Crippen molar-refractivity contribution in [1.82, 2.24) is 30.6 Å². The van der Waals surface area contributed by atoms with Crippen molar-refractivity contribution in [3.63, 3.8) is 0 Å². The Labute approximate surface area is 328 Å². The van der Waals surface area contributed by atoms with Crippen molar-refractivity contribution in [3.8, 4) is 5.69 Å². The Hall–Kier alpha value is -4.06. The molecule has 2 spiro atoms. The average Bonchev–Trinajstić information content (AvgIpc) is 3.87. The number of nitrogens with zero attached hydrogens (tertiary/aromatic N) is 3. The number of aliphatic hydroxyl groups excluding tert-OH is 2. The Morgan fingerprint density at radius 3 is 1.51 bits per heavy atom. The van der Waals surface area contributed by atoms with Crippen molar-refractivity contribution in [2.45, 2.75) is 103 Å². The van der Waals surface area contributed by atoms with Gasteiger partial charge in [0.1, 0.15) is 11.5 Å². The van der Waals surface area contributed by atoms with Crippen LogP contribution in [0.1, 0.15) is 97.6 Å². The van der Waals surface area contributed by atoms with Gasteiger partial charge in [-0.15, -0.1) is 0 Å².